The smallest absolute Gasteiger partial charge is 0.00952 e. The van der Waals surface area contributed by atoms with Gasteiger partial charge in [-0.25, -0.2) is 0 Å². The molecule has 0 radical (unpaired) electrons. The molecule has 0 rings (SSSR count). The number of nitrogens with zero attached hydrogens (tertiary/aromatic N) is 1. The summed E-state index contributed by atoms with van der Waals surface area (Å²) in [6.45, 7) is 14.2. The molecule has 1 nitrogen and oxygen atoms in total. The van der Waals surface area contributed by atoms with Gasteiger partial charge < -0.3 is 4.90 Å². The van der Waals surface area contributed by atoms with Crippen molar-refractivity contribution in [1.82, 2.24) is 4.90 Å². The molecule has 0 saturated heterocycles. The lowest BCUT2D eigenvalue weighted by Crippen LogP contribution is -2.36. The summed E-state index contributed by atoms with van der Waals surface area (Å²) in [4.78, 5) is 2.73. The van der Waals surface area contributed by atoms with Crippen LogP contribution in [0.5, 0.6) is 0 Å². The fraction of sp³-hybridized carbons (Fsp3) is 1.00. The molecule has 0 fully saturated rings. The van der Waals surface area contributed by atoms with Crippen molar-refractivity contribution < 1.29 is 0 Å². The van der Waals surface area contributed by atoms with Crippen LogP contribution in [0.1, 0.15) is 73.1 Å². The maximum Gasteiger partial charge on any atom is 0.00952 e. The van der Waals surface area contributed by atoms with Crippen molar-refractivity contribution in [2.75, 3.05) is 13.1 Å². The van der Waals surface area contributed by atoms with Gasteiger partial charge in [0, 0.05) is 6.04 Å². The summed E-state index contributed by atoms with van der Waals surface area (Å²) in [5.41, 5.74) is 0. The van der Waals surface area contributed by atoms with Crippen molar-refractivity contribution in [3.63, 3.8) is 0 Å². The van der Waals surface area contributed by atoms with Crippen LogP contribution in [0, 0.1) is 5.92 Å². The lowest BCUT2D eigenvalue weighted by atomic mass is 9.98. The molecule has 0 N–H and O–H groups in total. The first-order valence-electron chi connectivity index (χ1n) is 7.39. The van der Waals surface area contributed by atoms with Crippen LogP contribution < -0.4 is 0 Å². The minimum atomic E-state index is 0.840. The van der Waals surface area contributed by atoms with Crippen LogP contribution in [0.3, 0.4) is 0 Å². The molecule has 0 spiro atoms. The van der Waals surface area contributed by atoms with E-state index in [4.69, 9.17) is 0 Å². The van der Waals surface area contributed by atoms with E-state index < -0.39 is 0 Å². The molecule has 1 heteroatoms. The topological polar surface area (TPSA) is 3.24 Å². The third-order valence-electron chi connectivity index (χ3n) is 3.24. The van der Waals surface area contributed by atoms with E-state index in [2.05, 4.69) is 39.5 Å². The Morgan fingerprint density at radius 3 is 1.69 bits per heavy atom. The van der Waals surface area contributed by atoms with Crippen LogP contribution in [0.15, 0.2) is 0 Å². The van der Waals surface area contributed by atoms with E-state index in [0.717, 1.165) is 12.0 Å². The van der Waals surface area contributed by atoms with Gasteiger partial charge in [-0.05, 0) is 51.1 Å². The highest BCUT2D eigenvalue weighted by atomic mass is 15.1. The van der Waals surface area contributed by atoms with Crippen molar-refractivity contribution in [3.05, 3.63) is 0 Å². The van der Waals surface area contributed by atoms with Crippen LogP contribution in [0.25, 0.3) is 0 Å². The first kappa shape index (κ1) is 16.0. The van der Waals surface area contributed by atoms with Crippen LogP contribution in [-0.2, 0) is 0 Å². The number of hydrogen-bond donors (Lipinski definition) is 0. The highest BCUT2D eigenvalue weighted by Gasteiger charge is 2.16. The zero-order valence-electron chi connectivity index (χ0n) is 12.3. The summed E-state index contributed by atoms with van der Waals surface area (Å²) in [5.74, 6) is 0.851. The number of hydrogen-bond acceptors (Lipinski definition) is 1. The standard InChI is InChI=1S/C15H33N/c1-6-9-15(11-10-14(4)5)16(12-7-2)13-8-3/h14-15H,6-13H2,1-5H3. The van der Waals surface area contributed by atoms with Gasteiger partial charge in [0.2, 0.25) is 0 Å². The Morgan fingerprint density at radius 1 is 0.750 bits per heavy atom. The largest absolute Gasteiger partial charge is 0.300 e. The molecule has 16 heavy (non-hydrogen) atoms. The Kier molecular flexibility index (Phi) is 10.1. The summed E-state index contributed by atoms with van der Waals surface area (Å²) >= 11 is 0. The first-order chi connectivity index (χ1) is 7.65. The van der Waals surface area contributed by atoms with Gasteiger partial charge >= 0.3 is 0 Å². The Bertz CT molecular complexity index is 136. The van der Waals surface area contributed by atoms with E-state index in [0.29, 0.717) is 0 Å². The van der Waals surface area contributed by atoms with Gasteiger partial charge in [0.15, 0.2) is 0 Å². The quantitative estimate of drug-likeness (QED) is 0.522. The van der Waals surface area contributed by atoms with Crippen molar-refractivity contribution in [2.45, 2.75) is 79.2 Å². The molecular formula is C15H33N. The first-order valence-corrected chi connectivity index (χ1v) is 7.39. The normalized spacial score (nSPS) is 13.7. The van der Waals surface area contributed by atoms with E-state index in [1.807, 2.05) is 0 Å². The maximum absolute atomic E-state index is 2.73. The molecule has 0 amide bonds. The van der Waals surface area contributed by atoms with E-state index in [1.54, 1.807) is 0 Å². The Hall–Kier alpha value is -0.0400. The van der Waals surface area contributed by atoms with Gasteiger partial charge in [-0.2, -0.15) is 0 Å². The summed E-state index contributed by atoms with van der Waals surface area (Å²) in [7, 11) is 0. The SMILES string of the molecule is CCCC(CCC(C)C)N(CCC)CCC. The van der Waals surface area contributed by atoms with Crippen molar-refractivity contribution in [2.24, 2.45) is 5.92 Å². The summed E-state index contributed by atoms with van der Waals surface area (Å²) in [6.07, 6.45) is 8.07. The molecule has 0 saturated carbocycles. The average molecular weight is 227 g/mol. The summed E-state index contributed by atoms with van der Waals surface area (Å²) < 4.78 is 0. The molecule has 0 heterocycles. The molecule has 0 aromatic heterocycles. The third kappa shape index (κ3) is 7.27. The van der Waals surface area contributed by atoms with E-state index >= 15 is 0 Å². The van der Waals surface area contributed by atoms with Crippen LogP contribution in [0.4, 0.5) is 0 Å². The van der Waals surface area contributed by atoms with E-state index in [1.165, 1.54) is 51.6 Å². The second kappa shape index (κ2) is 10.1. The predicted molar refractivity (Wildman–Crippen MR) is 74.9 cm³/mol. The summed E-state index contributed by atoms with van der Waals surface area (Å²) in [5, 5.41) is 0. The fourth-order valence-electron chi connectivity index (χ4n) is 2.42. The van der Waals surface area contributed by atoms with Crippen LogP contribution in [0.2, 0.25) is 0 Å². The van der Waals surface area contributed by atoms with Crippen molar-refractivity contribution in [3.8, 4) is 0 Å². The monoisotopic (exact) mass is 227 g/mol. The zero-order chi connectivity index (χ0) is 12.4. The molecule has 0 aromatic carbocycles. The van der Waals surface area contributed by atoms with E-state index in [9.17, 15) is 0 Å². The maximum atomic E-state index is 2.73. The molecule has 0 aliphatic heterocycles. The van der Waals surface area contributed by atoms with Crippen LogP contribution in [-0.4, -0.2) is 24.0 Å². The molecule has 0 bridgehead atoms. The second-order valence-corrected chi connectivity index (χ2v) is 5.45. The lowest BCUT2D eigenvalue weighted by molar-refractivity contribution is 0.169. The average Bonchev–Trinajstić information content (AvgIpc) is 2.24. The van der Waals surface area contributed by atoms with Gasteiger partial charge in [-0.1, -0.05) is 41.0 Å². The molecule has 98 valence electrons. The minimum absolute atomic E-state index is 0.840. The molecule has 1 unspecified atom stereocenters. The van der Waals surface area contributed by atoms with Crippen molar-refractivity contribution in [1.29, 1.82) is 0 Å². The fourth-order valence-corrected chi connectivity index (χ4v) is 2.42. The number of rotatable bonds is 10. The van der Waals surface area contributed by atoms with Gasteiger partial charge in [-0.3, -0.25) is 0 Å². The van der Waals surface area contributed by atoms with E-state index in [-0.39, 0.29) is 0 Å². The molecule has 0 aromatic rings. The van der Waals surface area contributed by atoms with Crippen LogP contribution >= 0.6 is 0 Å². The molecule has 0 aliphatic carbocycles. The Labute approximate surface area is 104 Å². The highest BCUT2D eigenvalue weighted by molar-refractivity contribution is 4.71. The Balaban J connectivity index is 4.19. The third-order valence-corrected chi connectivity index (χ3v) is 3.24. The van der Waals surface area contributed by atoms with Crippen molar-refractivity contribution >= 4 is 0 Å². The predicted octanol–water partition coefficient (Wildman–Crippen LogP) is 4.71. The molecule has 1 atom stereocenters. The van der Waals surface area contributed by atoms with Gasteiger partial charge in [-0.15, -0.1) is 0 Å². The molecule has 0 aliphatic rings. The Morgan fingerprint density at radius 2 is 1.31 bits per heavy atom. The van der Waals surface area contributed by atoms with Gasteiger partial charge in [0.25, 0.3) is 0 Å². The lowest BCUT2D eigenvalue weighted by Gasteiger charge is -2.31. The summed E-state index contributed by atoms with van der Waals surface area (Å²) in [6, 6.07) is 0.840. The second-order valence-electron chi connectivity index (χ2n) is 5.45. The highest BCUT2D eigenvalue weighted by Crippen LogP contribution is 2.17. The van der Waals surface area contributed by atoms with Gasteiger partial charge in [0.05, 0.1) is 0 Å². The van der Waals surface area contributed by atoms with Gasteiger partial charge in [0.1, 0.15) is 0 Å². The molecular weight excluding hydrogens is 194 g/mol. The zero-order valence-corrected chi connectivity index (χ0v) is 12.3. The minimum Gasteiger partial charge on any atom is -0.300 e.